The minimum Gasteiger partial charge on any atom is -0.492 e. The number of halogens is 1. The molecule has 1 aliphatic carbocycles. The molecule has 2 aromatic carbocycles. The Balaban J connectivity index is 1.46. The van der Waals surface area contributed by atoms with Crippen LogP contribution in [0.15, 0.2) is 36.4 Å². The van der Waals surface area contributed by atoms with E-state index in [-0.39, 0.29) is 5.78 Å². The van der Waals surface area contributed by atoms with E-state index < -0.39 is 0 Å². The molecule has 5 heteroatoms. The zero-order valence-electron chi connectivity index (χ0n) is 14.7. The van der Waals surface area contributed by atoms with Gasteiger partial charge in [0.25, 0.3) is 0 Å². The monoisotopic (exact) mass is 371 g/mol. The lowest BCUT2D eigenvalue weighted by molar-refractivity contribution is 0.0322. The van der Waals surface area contributed by atoms with Gasteiger partial charge in [0.15, 0.2) is 5.78 Å². The number of morpholine rings is 1. The second kappa shape index (κ2) is 7.78. The van der Waals surface area contributed by atoms with E-state index in [1.165, 1.54) is 0 Å². The number of aryl methyl sites for hydroxylation is 2. The fourth-order valence-corrected chi connectivity index (χ4v) is 3.81. The first-order chi connectivity index (χ1) is 12.7. The van der Waals surface area contributed by atoms with Crippen LogP contribution in [0.1, 0.15) is 27.0 Å². The molecular formula is C21H22ClNO3. The maximum atomic E-state index is 12.9. The minimum atomic E-state index is 0.0732. The summed E-state index contributed by atoms with van der Waals surface area (Å²) in [4.78, 5) is 15.2. The Morgan fingerprint density at radius 2 is 1.69 bits per heavy atom. The molecule has 0 amide bonds. The number of hydrogen-bond donors (Lipinski definition) is 0. The van der Waals surface area contributed by atoms with Crippen LogP contribution in [0.2, 0.25) is 5.02 Å². The van der Waals surface area contributed by atoms with Crippen LogP contribution in [0.5, 0.6) is 5.75 Å². The second-order valence-electron chi connectivity index (χ2n) is 6.75. The molecule has 4 nitrogen and oxygen atoms in total. The van der Waals surface area contributed by atoms with E-state index >= 15 is 0 Å². The number of carbonyl (C=O) groups excluding carboxylic acids is 1. The van der Waals surface area contributed by atoms with E-state index in [1.54, 1.807) is 6.07 Å². The molecule has 0 aromatic heterocycles. The first kappa shape index (κ1) is 17.5. The molecule has 0 saturated carbocycles. The molecule has 1 saturated heterocycles. The standard InChI is InChI=1S/C21H22ClNO3/c22-17-3-5-19-15(13-17)1-2-16-14-18(4-6-20(16)21(19)24)26-12-9-23-7-10-25-11-8-23/h3-6,13-14H,1-2,7-12H2. The summed E-state index contributed by atoms with van der Waals surface area (Å²) in [6, 6.07) is 11.3. The minimum absolute atomic E-state index is 0.0732. The molecule has 4 rings (SSSR count). The molecule has 0 radical (unpaired) electrons. The number of rotatable bonds is 4. The van der Waals surface area contributed by atoms with Gasteiger partial charge in [-0.05, 0) is 60.4 Å². The highest BCUT2D eigenvalue weighted by Gasteiger charge is 2.21. The lowest BCUT2D eigenvalue weighted by Crippen LogP contribution is -2.38. The number of hydrogen-bond acceptors (Lipinski definition) is 4. The van der Waals surface area contributed by atoms with Gasteiger partial charge >= 0.3 is 0 Å². The van der Waals surface area contributed by atoms with Crippen molar-refractivity contribution in [3.63, 3.8) is 0 Å². The number of carbonyl (C=O) groups is 1. The van der Waals surface area contributed by atoms with Gasteiger partial charge in [-0.1, -0.05) is 11.6 Å². The van der Waals surface area contributed by atoms with Gasteiger partial charge in [-0.3, -0.25) is 9.69 Å². The van der Waals surface area contributed by atoms with Crippen LogP contribution in [0.25, 0.3) is 0 Å². The molecule has 2 aliphatic rings. The Labute approximate surface area is 158 Å². The van der Waals surface area contributed by atoms with Gasteiger partial charge in [0.1, 0.15) is 12.4 Å². The summed E-state index contributed by atoms with van der Waals surface area (Å²) in [6.45, 7) is 5.05. The van der Waals surface area contributed by atoms with Crippen molar-refractivity contribution in [1.82, 2.24) is 4.90 Å². The number of ketones is 1. The van der Waals surface area contributed by atoms with E-state index in [1.807, 2.05) is 30.3 Å². The summed E-state index contributed by atoms with van der Waals surface area (Å²) < 4.78 is 11.3. The Hall–Kier alpha value is -1.88. The summed E-state index contributed by atoms with van der Waals surface area (Å²) in [5.74, 6) is 0.901. The second-order valence-corrected chi connectivity index (χ2v) is 7.19. The van der Waals surface area contributed by atoms with Crippen LogP contribution in [-0.4, -0.2) is 50.1 Å². The van der Waals surface area contributed by atoms with Crippen molar-refractivity contribution in [3.8, 4) is 5.75 Å². The van der Waals surface area contributed by atoms with E-state index in [0.29, 0.717) is 11.6 Å². The summed E-state index contributed by atoms with van der Waals surface area (Å²) in [5.41, 5.74) is 3.60. The van der Waals surface area contributed by atoms with Gasteiger partial charge in [-0.15, -0.1) is 0 Å². The van der Waals surface area contributed by atoms with Crippen LogP contribution >= 0.6 is 11.6 Å². The van der Waals surface area contributed by atoms with Crippen molar-refractivity contribution in [1.29, 1.82) is 0 Å². The molecule has 1 fully saturated rings. The largest absolute Gasteiger partial charge is 0.492 e. The van der Waals surface area contributed by atoms with Gasteiger partial charge in [-0.25, -0.2) is 0 Å². The van der Waals surface area contributed by atoms with E-state index in [9.17, 15) is 4.79 Å². The van der Waals surface area contributed by atoms with Gasteiger partial charge < -0.3 is 9.47 Å². The van der Waals surface area contributed by atoms with Crippen molar-refractivity contribution >= 4 is 17.4 Å². The number of benzene rings is 2. The normalized spacial score (nSPS) is 17.3. The lowest BCUT2D eigenvalue weighted by atomic mass is 9.99. The molecule has 0 spiro atoms. The lowest BCUT2D eigenvalue weighted by Gasteiger charge is -2.26. The zero-order valence-corrected chi connectivity index (χ0v) is 15.4. The van der Waals surface area contributed by atoms with Crippen molar-refractivity contribution in [3.05, 3.63) is 63.7 Å². The molecule has 0 unspecified atom stereocenters. The fraction of sp³-hybridized carbons (Fsp3) is 0.381. The predicted octanol–water partition coefficient (Wildman–Crippen LogP) is 3.38. The Morgan fingerprint density at radius 1 is 1.00 bits per heavy atom. The number of ether oxygens (including phenoxy) is 2. The number of nitrogens with zero attached hydrogens (tertiary/aromatic N) is 1. The first-order valence-corrected chi connectivity index (χ1v) is 9.47. The number of fused-ring (bicyclic) bond motifs is 2. The third-order valence-corrected chi connectivity index (χ3v) is 5.31. The quantitative estimate of drug-likeness (QED) is 0.826. The highest BCUT2D eigenvalue weighted by atomic mass is 35.5. The molecule has 26 heavy (non-hydrogen) atoms. The summed E-state index contributed by atoms with van der Waals surface area (Å²) in [6.07, 6.45) is 1.63. The fourth-order valence-electron chi connectivity index (χ4n) is 3.61. The molecule has 2 aromatic rings. The highest BCUT2D eigenvalue weighted by molar-refractivity contribution is 6.30. The summed E-state index contributed by atoms with van der Waals surface area (Å²) in [5, 5.41) is 0.676. The molecule has 1 heterocycles. The maximum absolute atomic E-state index is 12.9. The Morgan fingerprint density at radius 3 is 2.46 bits per heavy atom. The van der Waals surface area contributed by atoms with Crippen molar-refractivity contribution < 1.29 is 14.3 Å². The predicted molar refractivity (Wildman–Crippen MR) is 101 cm³/mol. The molecular weight excluding hydrogens is 350 g/mol. The zero-order chi connectivity index (χ0) is 17.9. The van der Waals surface area contributed by atoms with Gasteiger partial charge in [0.05, 0.1) is 13.2 Å². The van der Waals surface area contributed by atoms with E-state index in [2.05, 4.69) is 4.90 Å². The highest BCUT2D eigenvalue weighted by Crippen LogP contribution is 2.29. The van der Waals surface area contributed by atoms with Gasteiger partial charge in [0.2, 0.25) is 0 Å². The van der Waals surface area contributed by atoms with E-state index in [0.717, 1.165) is 73.7 Å². The molecule has 0 atom stereocenters. The topological polar surface area (TPSA) is 38.8 Å². The summed E-state index contributed by atoms with van der Waals surface area (Å²) >= 11 is 6.09. The average molecular weight is 372 g/mol. The molecule has 0 N–H and O–H groups in total. The van der Waals surface area contributed by atoms with Crippen LogP contribution in [0, 0.1) is 0 Å². The van der Waals surface area contributed by atoms with Crippen molar-refractivity contribution in [2.75, 3.05) is 39.5 Å². The van der Waals surface area contributed by atoms with Crippen LogP contribution in [0.3, 0.4) is 0 Å². The molecule has 1 aliphatic heterocycles. The van der Waals surface area contributed by atoms with Gasteiger partial charge in [0, 0.05) is 35.8 Å². The van der Waals surface area contributed by atoms with Gasteiger partial charge in [-0.2, -0.15) is 0 Å². The Bertz CT molecular complexity index is 815. The summed E-state index contributed by atoms with van der Waals surface area (Å²) in [7, 11) is 0. The smallest absolute Gasteiger partial charge is 0.193 e. The van der Waals surface area contributed by atoms with Crippen molar-refractivity contribution in [2.24, 2.45) is 0 Å². The molecule has 0 bridgehead atoms. The Kier molecular flexibility index (Phi) is 5.25. The van der Waals surface area contributed by atoms with Crippen LogP contribution in [0.4, 0.5) is 0 Å². The van der Waals surface area contributed by atoms with Crippen LogP contribution in [-0.2, 0) is 17.6 Å². The third kappa shape index (κ3) is 3.78. The van der Waals surface area contributed by atoms with Crippen molar-refractivity contribution in [2.45, 2.75) is 12.8 Å². The SMILES string of the molecule is O=C1c2ccc(Cl)cc2CCc2cc(OCCN3CCOCC3)ccc21. The molecule has 136 valence electrons. The van der Waals surface area contributed by atoms with Crippen LogP contribution < -0.4 is 4.74 Å². The third-order valence-electron chi connectivity index (χ3n) is 5.08. The van der Waals surface area contributed by atoms with E-state index in [4.69, 9.17) is 21.1 Å². The maximum Gasteiger partial charge on any atom is 0.193 e. The average Bonchev–Trinajstić information content (AvgIpc) is 2.79. The first-order valence-electron chi connectivity index (χ1n) is 9.10.